The highest BCUT2D eigenvalue weighted by Gasteiger charge is 2.13. The summed E-state index contributed by atoms with van der Waals surface area (Å²) >= 11 is 12.2. The van der Waals surface area contributed by atoms with Crippen molar-refractivity contribution < 1.29 is 4.79 Å². The van der Waals surface area contributed by atoms with Gasteiger partial charge in [0.15, 0.2) is 5.82 Å². The molecule has 0 fully saturated rings. The smallest absolute Gasteiger partial charge is 0.258 e. The van der Waals surface area contributed by atoms with Crippen molar-refractivity contribution in [2.75, 3.05) is 5.32 Å². The van der Waals surface area contributed by atoms with Crippen molar-refractivity contribution in [3.63, 3.8) is 0 Å². The lowest BCUT2D eigenvalue weighted by Crippen LogP contribution is -2.14. The lowest BCUT2D eigenvalue weighted by molar-refractivity contribution is 0.102. The number of hydrogen-bond donors (Lipinski definition) is 1. The third-order valence-corrected chi connectivity index (χ3v) is 3.19. The van der Waals surface area contributed by atoms with Crippen LogP contribution < -0.4 is 5.32 Å². The van der Waals surface area contributed by atoms with Gasteiger partial charge in [0.1, 0.15) is 9.21 Å². The van der Waals surface area contributed by atoms with Gasteiger partial charge in [0.05, 0.1) is 16.8 Å². The van der Waals surface area contributed by atoms with E-state index in [1.165, 1.54) is 24.7 Å². The van der Waals surface area contributed by atoms with E-state index in [1.807, 2.05) is 0 Å². The fourth-order valence-corrected chi connectivity index (χ4v) is 2.28. The average molecular weight is 392 g/mol. The summed E-state index contributed by atoms with van der Waals surface area (Å²) in [4.78, 5) is 23.8. The van der Waals surface area contributed by atoms with Crippen LogP contribution in [-0.4, -0.2) is 20.9 Å². The number of nitrogens with one attached hydrogen (secondary N) is 1. The van der Waals surface area contributed by atoms with Crippen molar-refractivity contribution in [1.29, 1.82) is 0 Å². The molecule has 1 amide bonds. The lowest BCUT2D eigenvalue weighted by Gasteiger charge is -2.06. The van der Waals surface area contributed by atoms with E-state index < -0.39 is 0 Å². The van der Waals surface area contributed by atoms with Crippen molar-refractivity contribution in [3.8, 4) is 0 Å². The molecule has 0 bridgehead atoms. The molecule has 8 heteroatoms. The van der Waals surface area contributed by atoms with E-state index in [1.54, 1.807) is 0 Å². The SMILES string of the molecule is O=C(Nc1ncc(Br)nc1Br)c1ccncc1Cl. The number of nitrogens with zero attached hydrogens (tertiary/aromatic N) is 3. The summed E-state index contributed by atoms with van der Waals surface area (Å²) in [5.41, 5.74) is 0.322. The number of hydrogen-bond acceptors (Lipinski definition) is 4. The molecular formula is C10H5Br2ClN4O. The normalized spacial score (nSPS) is 10.2. The first-order valence-electron chi connectivity index (χ1n) is 4.67. The van der Waals surface area contributed by atoms with Crippen molar-refractivity contribution in [1.82, 2.24) is 15.0 Å². The molecule has 1 N–H and O–H groups in total. The topological polar surface area (TPSA) is 67.8 Å². The highest BCUT2D eigenvalue weighted by molar-refractivity contribution is 9.11. The Balaban J connectivity index is 2.24. The molecule has 0 unspecified atom stereocenters. The molecule has 0 aliphatic rings. The summed E-state index contributed by atoms with van der Waals surface area (Å²) < 4.78 is 0.990. The van der Waals surface area contributed by atoms with E-state index in [0.717, 1.165) is 0 Å². The molecule has 2 aromatic rings. The number of carbonyl (C=O) groups is 1. The number of pyridine rings is 1. The third kappa shape index (κ3) is 3.04. The highest BCUT2D eigenvalue weighted by atomic mass is 79.9. The first-order chi connectivity index (χ1) is 8.58. The molecule has 0 saturated heterocycles. The quantitative estimate of drug-likeness (QED) is 0.852. The Bertz CT molecular complexity index is 608. The monoisotopic (exact) mass is 390 g/mol. The second-order valence-corrected chi connectivity index (χ2v) is 5.11. The van der Waals surface area contributed by atoms with Crippen LogP contribution in [0.15, 0.2) is 33.9 Å². The molecular weight excluding hydrogens is 387 g/mol. The van der Waals surface area contributed by atoms with Crippen LogP contribution >= 0.6 is 43.5 Å². The van der Waals surface area contributed by atoms with Gasteiger partial charge < -0.3 is 5.32 Å². The Labute approximate surface area is 124 Å². The largest absolute Gasteiger partial charge is 0.304 e. The van der Waals surface area contributed by atoms with Gasteiger partial charge in [-0.05, 0) is 37.9 Å². The standard InChI is InChI=1S/C10H5Br2ClN4O/c11-7-4-15-9(8(12)16-7)17-10(18)5-1-2-14-3-6(5)13/h1-4H,(H,15,17,18). The maximum Gasteiger partial charge on any atom is 0.258 e. The Hall–Kier alpha value is -1.05. The van der Waals surface area contributed by atoms with Crippen LogP contribution in [0.4, 0.5) is 5.82 Å². The van der Waals surface area contributed by atoms with E-state index in [-0.39, 0.29) is 10.9 Å². The second-order valence-electron chi connectivity index (χ2n) is 3.14. The molecule has 2 aromatic heterocycles. The number of carbonyl (C=O) groups excluding carboxylic acids is 1. The van der Waals surface area contributed by atoms with E-state index in [2.05, 4.69) is 52.1 Å². The fraction of sp³-hybridized carbons (Fsp3) is 0. The van der Waals surface area contributed by atoms with Gasteiger partial charge in [-0.3, -0.25) is 9.78 Å². The predicted molar refractivity (Wildman–Crippen MR) is 74.6 cm³/mol. The van der Waals surface area contributed by atoms with Crippen LogP contribution in [0, 0.1) is 0 Å². The maximum atomic E-state index is 11.9. The van der Waals surface area contributed by atoms with Crippen LogP contribution in [0.25, 0.3) is 0 Å². The van der Waals surface area contributed by atoms with Gasteiger partial charge in [-0.1, -0.05) is 11.6 Å². The van der Waals surface area contributed by atoms with Crippen molar-refractivity contribution in [2.24, 2.45) is 0 Å². The highest BCUT2D eigenvalue weighted by Crippen LogP contribution is 2.21. The average Bonchev–Trinajstić information content (AvgIpc) is 2.33. The minimum absolute atomic E-state index is 0.274. The van der Waals surface area contributed by atoms with E-state index in [4.69, 9.17) is 11.6 Å². The molecule has 0 aliphatic carbocycles. The molecule has 0 atom stereocenters. The predicted octanol–water partition coefficient (Wildman–Crippen LogP) is 3.30. The summed E-state index contributed by atoms with van der Waals surface area (Å²) in [5, 5.41) is 2.88. The molecule has 5 nitrogen and oxygen atoms in total. The van der Waals surface area contributed by atoms with Crippen LogP contribution in [0.5, 0.6) is 0 Å². The number of aromatic nitrogens is 3. The first kappa shape index (κ1) is 13.4. The van der Waals surface area contributed by atoms with Crippen LogP contribution in [0.1, 0.15) is 10.4 Å². The van der Waals surface area contributed by atoms with Gasteiger partial charge in [0.25, 0.3) is 5.91 Å². The van der Waals surface area contributed by atoms with Crippen LogP contribution in [-0.2, 0) is 0 Å². The number of halogens is 3. The third-order valence-electron chi connectivity index (χ3n) is 1.95. The molecule has 0 spiro atoms. The second kappa shape index (κ2) is 5.73. The van der Waals surface area contributed by atoms with Crippen LogP contribution in [0.3, 0.4) is 0 Å². The van der Waals surface area contributed by atoms with Gasteiger partial charge >= 0.3 is 0 Å². The fourth-order valence-electron chi connectivity index (χ4n) is 1.16. The van der Waals surface area contributed by atoms with Gasteiger partial charge in [-0.2, -0.15) is 0 Å². The van der Waals surface area contributed by atoms with Gasteiger partial charge in [0.2, 0.25) is 0 Å². The molecule has 0 aliphatic heterocycles. The number of amides is 1. The van der Waals surface area contributed by atoms with Gasteiger partial charge in [0, 0.05) is 12.4 Å². The molecule has 18 heavy (non-hydrogen) atoms. The molecule has 2 rings (SSSR count). The summed E-state index contributed by atoms with van der Waals surface area (Å²) in [6.07, 6.45) is 4.37. The summed E-state index contributed by atoms with van der Waals surface area (Å²) in [5.74, 6) is -0.0594. The maximum absolute atomic E-state index is 11.9. The lowest BCUT2D eigenvalue weighted by atomic mass is 10.2. The number of anilines is 1. The summed E-state index contributed by atoms with van der Waals surface area (Å²) in [7, 11) is 0. The van der Waals surface area contributed by atoms with E-state index >= 15 is 0 Å². The van der Waals surface area contributed by atoms with Crippen molar-refractivity contribution >= 4 is 55.2 Å². The number of rotatable bonds is 2. The van der Waals surface area contributed by atoms with Crippen LogP contribution in [0.2, 0.25) is 5.02 Å². The zero-order chi connectivity index (χ0) is 13.1. The van der Waals surface area contributed by atoms with E-state index in [9.17, 15) is 4.79 Å². The minimum atomic E-state index is -0.375. The Morgan fingerprint density at radius 1 is 1.33 bits per heavy atom. The van der Waals surface area contributed by atoms with Crippen molar-refractivity contribution in [2.45, 2.75) is 0 Å². The summed E-state index contributed by atoms with van der Waals surface area (Å²) in [6, 6.07) is 1.53. The van der Waals surface area contributed by atoms with Crippen molar-refractivity contribution in [3.05, 3.63) is 44.4 Å². The van der Waals surface area contributed by atoms with E-state index in [0.29, 0.717) is 20.6 Å². The first-order valence-corrected chi connectivity index (χ1v) is 6.63. The Morgan fingerprint density at radius 3 is 2.78 bits per heavy atom. The molecule has 0 saturated carbocycles. The zero-order valence-electron chi connectivity index (χ0n) is 8.69. The minimum Gasteiger partial charge on any atom is -0.304 e. The molecule has 92 valence electrons. The zero-order valence-corrected chi connectivity index (χ0v) is 12.6. The molecule has 0 radical (unpaired) electrons. The Morgan fingerprint density at radius 2 is 2.11 bits per heavy atom. The van der Waals surface area contributed by atoms with Gasteiger partial charge in [-0.25, -0.2) is 9.97 Å². The molecule has 0 aromatic carbocycles. The summed E-state index contributed by atoms with van der Waals surface area (Å²) in [6.45, 7) is 0. The Kier molecular flexibility index (Phi) is 4.26. The molecule has 2 heterocycles. The van der Waals surface area contributed by atoms with Gasteiger partial charge in [-0.15, -0.1) is 0 Å².